The summed E-state index contributed by atoms with van der Waals surface area (Å²) in [4.78, 5) is 0. The van der Waals surface area contributed by atoms with Crippen LogP contribution in [0.2, 0.25) is 0 Å². The minimum absolute atomic E-state index is 0.241. The highest BCUT2D eigenvalue weighted by Gasteiger charge is 2.01. The Hall–Kier alpha value is -1.96. The zero-order valence-electron chi connectivity index (χ0n) is 10.1. The summed E-state index contributed by atoms with van der Waals surface area (Å²) in [5, 5.41) is 9.47. The van der Waals surface area contributed by atoms with E-state index in [9.17, 15) is 5.11 Å². The predicted molar refractivity (Wildman–Crippen MR) is 68.4 cm³/mol. The van der Waals surface area contributed by atoms with Crippen LogP contribution in [0, 0.1) is 13.8 Å². The summed E-state index contributed by atoms with van der Waals surface area (Å²) in [6.07, 6.45) is 0. The van der Waals surface area contributed by atoms with Gasteiger partial charge in [-0.05, 0) is 42.7 Å². The summed E-state index contributed by atoms with van der Waals surface area (Å²) in [7, 11) is 0. The topological polar surface area (TPSA) is 29.5 Å². The number of hydrogen-bond acceptors (Lipinski definition) is 2. The van der Waals surface area contributed by atoms with Crippen LogP contribution >= 0.6 is 0 Å². The lowest BCUT2D eigenvalue weighted by Crippen LogP contribution is -1.97. The second-order valence-corrected chi connectivity index (χ2v) is 4.22. The van der Waals surface area contributed by atoms with E-state index in [1.54, 1.807) is 12.1 Å². The molecule has 2 aromatic rings. The van der Waals surface area contributed by atoms with Gasteiger partial charge in [-0.3, -0.25) is 0 Å². The van der Waals surface area contributed by atoms with Crippen molar-refractivity contribution in [3.05, 3.63) is 59.2 Å². The Morgan fingerprint density at radius 1 is 1.06 bits per heavy atom. The van der Waals surface area contributed by atoms with E-state index in [0.29, 0.717) is 12.4 Å². The third kappa shape index (κ3) is 3.00. The van der Waals surface area contributed by atoms with Crippen molar-refractivity contribution in [2.24, 2.45) is 0 Å². The Kier molecular flexibility index (Phi) is 3.33. The average Bonchev–Trinajstić information content (AvgIpc) is 2.27. The molecule has 0 aliphatic carbocycles. The van der Waals surface area contributed by atoms with E-state index in [1.807, 2.05) is 31.2 Å². The summed E-state index contributed by atoms with van der Waals surface area (Å²) in [5.74, 6) is 0.940. The second kappa shape index (κ2) is 4.91. The van der Waals surface area contributed by atoms with Gasteiger partial charge in [-0.2, -0.15) is 0 Å². The van der Waals surface area contributed by atoms with Gasteiger partial charge >= 0.3 is 0 Å². The molecule has 0 radical (unpaired) electrons. The monoisotopic (exact) mass is 228 g/mol. The number of aryl methyl sites for hydroxylation is 2. The molecule has 2 rings (SSSR count). The van der Waals surface area contributed by atoms with Crippen LogP contribution in [0.3, 0.4) is 0 Å². The fourth-order valence-electron chi connectivity index (χ4n) is 1.74. The molecule has 0 aliphatic heterocycles. The van der Waals surface area contributed by atoms with Gasteiger partial charge < -0.3 is 9.84 Å². The molecular formula is C15H16O2. The zero-order valence-corrected chi connectivity index (χ0v) is 10.1. The van der Waals surface area contributed by atoms with E-state index in [-0.39, 0.29) is 5.75 Å². The van der Waals surface area contributed by atoms with E-state index in [0.717, 1.165) is 11.1 Å². The van der Waals surface area contributed by atoms with Crippen molar-refractivity contribution >= 4 is 0 Å². The molecule has 88 valence electrons. The maximum atomic E-state index is 9.47. The third-order valence-corrected chi connectivity index (χ3v) is 2.69. The largest absolute Gasteiger partial charge is 0.508 e. The molecule has 1 N–H and O–H groups in total. The number of hydrogen-bond donors (Lipinski definition) is 1. The number of phenolic OH excluding ortho intramolecular Hbond substituents is 1. The Morgan fingerprint density at radius 3 is 2.53 bits per heavy atom. The van der Waals surface area contributed by atoms with Crippen molar-refractivity contribution < 1.29 is 9.84 Å². The number of ether oxygens (including phenoxy) is 1. The van der Waals surface area contributed by atoms with Crippen LogP contribution in [0.5, 0.6) is 11.5 Å². The molecule has 2 nitrogen and oxygen atoms in total. The molecule has 0 saturated carbocycles. The Bertz CT molecular complexity index is 498. The van der Waals surface area contributed by atoms with Gasteiger partial charge in [0, 0.05) is 6.07 Å². The second-order valence-electron chi connectivity index (χ2n) is 4.22. The number of benzene rings is 2. The first kappa shape index (κ1) is 11.5. The summed E-state index contributed by atoms with van der Waals surface area (Å²) in [5.41, 5.74) is 3.36. The van der Waals surface area contributed by atoms with Gasteiger partial charge in [0.2, 0.25) is 0 Å². The highest BCUT2D eigenvalue weighted by molar-refractivity contribution is 5.37. The summed E-state index contributed by atoms with van der Waals surface area (Å²) < 4.78 is 5.67. The van der Waals surface area contributed by atoms with Gasteiger partial charge in [0.1, 0.15) is 18.1 Å². The van der Waals surface area contributed by atoms with Crippen molar-refractivity contribution in [1.82, 2.24) is 0 Å². The van der Waals surface area contributed by atoms with E-state index in [1.165, 1.54) is 5.56 Å². The quantitative estimate of drug-likeness (QED) is 0.870. The summed E-state index contributed by atoms with van der Waals surface area (Å²) in [6.45, 7) is 4.52. The molecule has 2 aromatic carbocycles. The lowest BCUT2D eigenvalue weighted by atomic mass is 10.1. The molecule has 0 aliphatic rings. The number of rotatable bonds is 3. The fourth-order valence-corrected chi connectivity index (χ4v) is 1.74. The molecular weight excluding hydrogens is 212 g/mol. The maximum absolute atomic E-state index is 9.47. The minimum Gasteiger partial charge on any atom is -0.508 e. The van der Waals surface area contributed by atoms with E-state index in [4.69, 9.17) is 4.74 Å². The predicted octanol–water partition coefficient (Wildman–Crippen LogP) is 3.59. The zero-order chi connectivity index (χ0) is 12.3. The Labute approximate surface area is 101 Å². The lowest BCUT2D eigenvalue weighted by molar-refractivity contribution is 0.303. The Morgan fingerprint density at radius 2 is 1.82 bits per heavy atom. The molecule has 0 amide bonds. The molecule has 0 bridgehead atoms. The van der Waals surface area contributed by atoms with Crippen molar-refractivity contribution in [2.45, 2.75) is 20.5 Å². The van der Waals surface area contributed by atoms with Gasteiger partial charge in [-0.1, -0.05) is 24.3 Å². The van der Waals surface area contributed by atoms with Crippen molar-refractivity contribution in [3.8, 4) is 11.5 Å². The molecule has 0 atom stereocenters. The van der Waals surface area contributed by atoms with E-state index in [2.05, 4.69) is 13.0 Å². The molecule has 0 fully saturated rings. The first-order valence-corrected chi connectivity index (χ1v) is 5.63. The van der Waals surface area contributed by atoms with Crippen LogP contribution in [0.15, 0.2) is 42.5 Å². The third-order valence-electron chi connectivity index (χ3n) is 2.69. The van der Waals surface area contributed by atoms with Gasteiger partial charge in [0.05, 0.1) is 0 Å². The smallest absolute Gasteiger partial charge is 0.123 e. The lowest BCUT2D eigenvalue weighted by Gasteiger charge is -2.09. The van der Waals surface area contributed by atoms with Crippen LogP contribution in [0.4, 0.5) is 0 Å². The molecule has 17 heavy (non-hydrogen) atoms. The van der Waals surface area contributed by atoms with Crippen LogP contribution in [-0.2, 0) is 6.61 Å². The number of phenols is 1. The van der Waals surface area contributed by atoms with Gasteiger partial charge in [-0.15, -0.1) is 0 Å². The molecule has 0 unspecified atom stereocenters. The standard InChI is InChI=1S/C15H16O2/c1-11-7-14(16)9-15(8-11)17-10-13-6-4-3-5-12(13)2/h3-9,16H,10H2,1-2H3. The molecule has 0 aromatic heterocycles. The number of aromatic hydroxyl groups is 1. The van der Waals surface area contributed by atoms with E-state index >= 15 is 0 Å². The molecule has 0 spiro atoms. The molecule has 2 heteroatoms. The Balaban J connectivity index is 2.10. The van der Waals surface area contributed by atoms with Crippen LogP contribution in [0.25, 0.3) is 0 Å². The minimum atomic E-state index is 0.241. The van der Waals surface area contributed by atoms with Crippen molar-refractivity contribution in [2.75, 3.05) is 0 Å². The highest BCUT2D eigenvalue weighted by Crippen LogP contribution is 2.22. The van der Waals surface area contributed by atoms with E-state index < -0.39 is 0 Å². The molecule has 0 heterocycles. The average molecular weight is 228 g/mol. The highest BCUT2D eigenvalue weighted by atomic mass is 16.5. The van der Waals surface area contributed by atoms with Crippen LogP contribution < -0.4 is 4.74 Å². The van der Waals surface area contributed by atoms with Gasteiger partial charge in [-0.25, -0.2) is 0 Å². The maximum Gasteiger partial charge on any atom is 0.123 e. The molecule has 0 saturated heterocycles. The summed E-state index contributed by atoms with van der Waals surface area (Å²) >= 11 is 0. The van der Waals surface area contributed by atoms with Gasteiger partial charge in [0.25, 0.3) is 0 Å². The SMILES string of the molecule is Cc1cc(O)cc(OCc2ccccc2C)c1. The van der Waals surface area contributed by atoms with Crippen molar-refractivity contribution in [3.63, 3.8) is 0 Å². The van der Waals surface area contributed by atoms with Crippen LogP contribution in [-0.4, -0.2) is 5.11 Å². The first-order valence-electron chi connectivity index (χ1n) is 5.63. The summed E-state index contributed by atoms with van der Waals surface area (Å²) in [6, 6.07) is 13.4. The fraction of sp³-hybridized carbons (Fsp3) is 0.200. The van der Waals surface area contributed by atoms with Gasteiger partial charge in [0.15, 0.2) is 0 Å². The first-order chi connectivity index (χ1) is 8.15. The van der Waals surface area contributed by atoms with Crippen LogP contribution in [0.1, 0.15) is 16.7 Å². The normalized spacial score (nSPS) is 10.2. The van der Waals surface area contributed by atoms with Crippen molar-refractivity contribution in [1.29, 1.82) is 0 Å².